The fourth-order valence-corrected chi connectivity index (χ4v) is 3.34. The van der Waals surface area contributed by atoms with E-state index in [1.165, 1.54) is 4.52 Å². The smallest absolute Gasteiger partial charge is 0.282 e. The van der Waals surface area contributed by atoms with Crippen molar-refractivity contribution in [1.82, 2.24) is 19.5 Å². The summed E-state index contributed by atoms with van der Waals surface area (Å²) >= 11 is 3.42. The van der Waals surface area contributed by atoms with Crippen molar-refractivity contribution < 1.29 is 0 Å². The second-order valence-corrected chi connectivity index (χ2v) is 7.35. The van der Waals surface area contributed by atoms with Crippen molar-refractivity contribution in [3.8, 4) is 0 Å². The predicted octanol–water partition coefficient (Wildman–Crippen LogP) is 3.13. The topological polar surface area (TPSA) is 62.5 Å². The lowest BCUT2D eigenvalue weighted by atomic mass is 10.1. The lowest BCUT2D eigenvalue weighted by Crippen LogP contribution is -2.23. The molecule has 4 aromatic rings. The summed E-state index contributed by atoms with van der Waals surface area (Å²) in [5.74, 6) is 0.688. The van der Waals surface area contributed by atoms with E-state index >= 15 is 0 Å². The Balaban J connectivity index is 2.01. The summed E-state index contributed by atoms with van der Waals surface area (Å²) in [7, 11) is 4.04. The Kier molecular flexibility index (Phi) is 4.34. The Morgan fingerprint density at radius 1 is 1.12 bits per heavy atom. The zero-order valence-electron chi connectivity index (χ0n) is 14.5. The summed E-state index contributed by atoms with van der Waals surface area (Å²) in [5.41, 5.74) is 1.06. The quantitative estimate of drug-likeness (QED) is 0.412. The average Bonchev–Trinajstić information content (AvgIpc) is 2.63. The maximum absolute atomic E-state index is 13.0. The van der Waals surface area contributed by atoms with Crippen LogP contribution in [-0.2, 0) is 0 Å². The monoisotopic (exact) mass is 411 g/mol. The van der Waals surface area contributed by atoms with Crippen LogP contribution in [0.2, 0.25) is 0 Å². The van der Waals surface area contributed by atoms with Crippen molar-refractivity contribution in [2.24, 2.45) is 0 Å². The molecule has 0 radical (unpaired) electrons. The predicted molar refractivity (Wildman–Crippen MR) is 109 cm³/mol. The highest BCUT2D eigenvalue weighted by molar-refractivity contribution is 9.10. The molecule has 0 amide bonds. The molecular weight excluding hydrogens is 394 g/mol. The van der Waals surface area contributed by atoms with E-state index in [4.69, 9.17) is 4.98 Å². The maximum atomic E-state index is 13.0. The third-order valence-corrected chi connectivity index (χ3v) is 4.78. The first-order chi connectivity index (χ1) is 12.5. The van der Waals surface area contributed by atoms with Gasteiger partial charge in [0.25, 0.3) is 5.56 Å². The molecule has 0 saturated carbocycles. The molecule has 2 aromatic carbocycles. The van der Waals surface area contributed by atoms with E-state index in [1.807, 2.05) is 50.5 Å². The summed E-state index contributed by atoms with van der Waals surface area (Å²) in [6.45, 7) is 1.60. The molecule has 0 unspecified atom stereocenters. The Morgan fingerprint density at radius 2 is 1.88 bits per heavy atom. The number of halogens is 1. The summed E-state index contributed by atoms with van der Waals surface area (Å²) in [6.07, 6.45) is 0. The van der Waals surface area contributed by atoms with Crippen LogP contribution in [0.4, 0.5) is 5.82 Å². The second kappa shape index (κ2) is 6.66. The van der Waals surface area contributed by atoms with Gasteiger partial charge in [-0.05, 0) is 32.3 Å². The Morgan fingerprint density at radius 3 is 2.65 bits per heavy atom. The fraction of sp³-hybridized carbons (Fsp3) is 0.211. The Hall–Kier alpha value is -2.51. The molecule has 2 aromatic heterocycles. The SMILES string of the molecule is CN(C)CCNc1nn2c(=O)c3cc(Br)ccc3nc2c2ccccc12. The Bertz CT molecular complexity index is 1190. The van der Waals surface area contributed by atoms with Gasteiger partial charge in [-0.15, -0.1) is 5.10 Å². The fourth-order valence-electron chi connectivity index (χ4n) is 2.98. The van der Waals surface area contributed by atoms with Gasteiger partial charge in [0.1, 0.15) is 0 Å². The summed E-state index contributed by atoms with van der Waals surface area (Å²) in [4.78, 5) is 19.8. The normalized spacial score (nSPS) is 11.7. The highest BCUT2D eigenvalue weighted by Crippen LogP contribution is 2.25. The lowest BCUT2D eigenvalue weighted by molar-refractivity contribution is 0.425. The number of hydrogen-bond donors (Lipinski definition) is 1. The zero-order valence-corrected chi connectivity index (χ0v) is 16.1. The minimum atomic E-state index is -0.173. The van der Waals surface area contributed by atoms with Crippen molar-refractivity contribution in [3.05, 3.63) is 57.3 Å². The van der Waals surface area contributed by atoms with Crippen LogP contribution in [-0.4, -0.2) is 46.7 Å². The van der Waals surface area contributed by atoms with Gasteiger partial charge in [0.2, 0.25) is 0 Å². The molecule has 0 aliphatic carbocycles. The van der Waals surface area contributed by atoms with Crippen molar-refractivity contribution >= 4 is 49.1 Å². The number of nitrogens with zero attached hydrogens (tertiary/aromatic N) is 4. The molecule has 132 valence electrons. The van der Waals surface area contributed by atoms with Gasteiger partial charge in [0, 0.05) is 28.3 Å². The standard InChI is InChI=1S/C19H18BrN5O/c1-24(2)10-9-21-17-13-5-3-4-6-14(13)18-22-16-8-7-12(20)11-15(16)19(26)25(18)23-17/h3-8,11H,9-10H2,1-2H3,(H,21,23). The highest BCUT2D eigenvalue weighted by atomic mass is 79.9. The van der Waals surface area contributed by atoms with E-state index < -0.39 is 0 Å². The highest BCUT2D eigenvalue weighted by Gasteiger charge is 2.13. The van der Waals surface area contributed by atoms with Gasteiger partial charge in [0.05, 0.1) is 10.9 Å². The molecular formula is C19H18BrN5O. The molecule has 26 heavy (non-hydrogen) atoms. The minimum absolute atomic E-state index is 0.173. The van der Waals surface area contributed by atoms with E-state index in [1.54, 1.807) is 6.07 Å². The van der Waals surface area contributed by atoms with Crippen LogP contribution >= 0.6 is 15.9 Å². The van der Waals surface area contributed by atoms with Crippen molar-refractivity contribution in [3.63, 3.8) is 0 Å². The molecule has 0 atom stereocenters. The molecule has 2 heterocycles. The molecule has 6 nitrogen and oxygen atoms in total. The van der Waals surface area contributed by atoms with Crippen molar-refractivity contribution in [2.45, 2.75) is 0 Å². The second-order valence-electron chi connectivity index (χ2n) is 6.44. The lowest BCUT2D eigenvalue weighted by Gasteiger charge is -2.14. The first kappa shape index (κ1) is 16.9. The van der Waals surface area contributed by atoms with E-state index in [9.17, 15) is 4.79 Å². The summed E-state index contributed by atoms with van der Waals surface area (Å²) in [5, 5.41) is 10.3. The summed E-state index contributed by atoms with van der Waals surface area (Å²) in [6, 6.07) is 13.4. The van der Waals surface area contributed by atoms with Gasteiger partial charge in [-0.25, -0.2) is 4.98 Å². The largest absolute Gasteiger partial charge is 0.367 e. The number of rotatable bonds is 4. The molecule has 0 aliphatic rings. The third-order valence-electron chi connectivity index (χ3n) is 4.28. The molecule has 0 fully saturated rings. The first-order valence-electron chi connectivity index (χ1n) is 8.34. The van der Waals surface area contributed by atoms with Crippen LogP contribution in [0.5, 0.6) is 0 Å². The number of fused-ring (bicyclic) bond motifs is 4. The minimum Gasteiger partial charge on any atom is -0.367 e. The van der Waals surface area contributed by atoms with E-state index in [2.05, 4.69) is 31.2 Å². The third kappa shape index (κ3) is 2.93. The maximum Gasteiger partial charge on any atom is 0.282 e. The van der Waals surface area contributed by atoms with Gasteiger partial charge in [0.15, 0.2) is 11.5 Å². The molecule has 4 rings (SSSR count). The number of aromatic nitrogens is 3. The van der Waals surface area contributed by atoms with Crippen molar-refractivity contribution in [1.29, 1.82) is 0 Å². The van der Waals surface area contributed by atoms with Crippen LogP contribution in [0.3, 0.4) is 0 Å². The molecule has 0 saturated heterocycles. The van der Waals surface area contributed by atoms with Gasteiger partial charge in [-0.1, -0.05) is 40.2 Å². The van der Waals surface area contributed by atoms with Crippen molar-refractivity contribution in [2.75, 3.05) is 32.5 Å². The molecule has 0 aliphatic heterocycles. The number of nitrogens with one attached hydrogen (secondary N) is 1. The van der Waals surface area contributed by atoms with E-state index in [0.29, 0.717) is 22.4 Å². The van der Waals surface area contributed by atoms with Crippen LogP contribution < -0.4 is 10.9 Å². The van der Waals surface area contributed by atoms with E-state index in [-0.39, 0.29) is 5.56 Å². The first-order valence-corrected chi connectivity index (χ1v) is 9.13. The van der Waals surface area contributed by atoms with Crippen LogP contribution in [0.1, 0.15) is 0 Å². The molecule has 0 spiro atoms. The van der Waals surface area contributed by atoms with Crippen LogP contribution in [0.15, 0.2) is 51.7 Å². The number of anilines is 1. The number of hydrogen-bond acceptors (Lipinski definition) is 5. The van der Waals surface area contributed by atoms with E-state index in [0.717, 1.165) is 28.3 Å². The Labute approximate surface area is 158 Å². The van der Waals surface area contributed by atoms with Gasteiger partial charge in [-0.2, -0.15) is 4.52 Å². The molecule has 7 heteroatoms. The number of benzene rings is 2. The van der Waals surface area contributed by atoms with Crippen LogP contribution in [0, 0.1) is 0 Å². The average molecular weight is 412 g/mol. The number of likely N-dealkylation sites (N-methyl/N-ethyl adjacent to an activating group) is 1. The van der Waals surface area contributed by atoms with Gasteiger partial charge < -0.3 is 10.2 Å². The van der Waals surface area contributed by atoms with Gasteiger partial charge >= 0.3 is 0 Å². The van der Waals surface area contributed by atoms with Crippen LogP contribution in [0.25, 0.3) is 27.3 Å². The zero-order chi connectivity index (χ0) is 18.3. The summed E-state index contributed by atoms with van der Waals surface area (Å²) < 4.78 is 2.24. The molecule has 1 N–H and O–H groups in total. The van der Waals surface area contributed by atoms with Gasteiger partial charge in [-0.3, -0.25) is 4.79 Å². The molecule has 0 bridgehead atoms.